The molecule has 17 heavy (non-hydrogen) atoms. The van der Waals surface area contributed by atoms with Gasteiger partial charge in [-0.15, -0.1) is 0 Å². The van der Waals surface area contributed by atoms with Crippen LogP contribution >= 0.6 is 0 Å². The Balaban J connectivity index is 1.94. The average molecular weight is 242 g/mol. The molecule has 2 fully saturated rings. The summed E-state index contributed by atoms with van der Waals surface area (Å²) in [5.74, 6) is -1.21. The van der Waals surface area contributed by atoms with Crippen molar-refractivity contribution in [3.63, 3.8) is 0 Å². The summed E-state index contributed by atoms with van der Waals surface area (Å²) < 4.78 is 0. The summed E-state index contributed by atoms with van der Waals surface area (Å²) >= 11 is 0. The van der Waals surface area contributed by atoms with E-state index in [1.165, 1.54) is 4.90 Å². The summed E-state index contributed by atoms with van der Waals surface area (Å²) in [4.78, 5) is 24.3. The van der Waals surface area contributed by atoms with Gasteiger partial charge in [0.25, 0.3) is 0 Å². The van der Waals surface area contributed by atoms with Crippen LogP contribution in [0.3, 0.4) is 0 Å². The Morgan fingerprint density at radius 1 is 1.41 bits per heavy atom. The zero-order valence-corrected chi connectivity index (χ0v) is 9.63. The highest BCUT2D eigenvalue weighted by atomic mass is 16.4. The van der Waals surface area contributed by atoms with Crippen LogP contribution in [0.2, 0.25) is 0 Å². The van der Waals surface area contributed by atoms with Crippen molar-refractivity contribution >= 4 is 11.9 Å². The Kier molecular flexibility index (Phi) is 3.63. The van der Waals surface area contributed by atoms with Gasteiger partial charge in [-0.25, -0.2) is 4.79 Å². The van der Waals surface area contributed by atoms with Crippen molar-refractivity contribution in [3.8, 4) is 0 Å². The number of aliphatic carboxylic acids is 1. The molecular weight excluding hydrogens is 224 g/mol. The zero-order chi connectivity index (χ0) is 12.4. The van der Waals surface area contributed by atoms with Crippen LogP contribution in [-0.4, -0.2) is 58.3 Å². The molecule has 0 aromatic heterocycles. The number of hydrogen-bond acceptors (Lipinski definition) is 4. The normalized spacial score (nSPS) is 33.0. The first-order chi connectivity index (χ1) is 8.08. The molecular formula is C11H18N2O4. The lowest BCUT2D eigenvalue weighted by atomic mass is 10.1. The third-order valence-corrected chi connectivity index (χ3v) is 3.47. The van der Waals surface area contributed by atoms with Gasteiger partial charge in [0.2, 0.25) is 5.91 Å². The maximum absolute atomic E-state index is 12.0. The van der Waals surface area contributed by atoms with E-state index in [0.717, 1.165) is 19.4 Å². The second-order valence-electron chi connectivity index (χ2n) is 4.79. The topological polar surface area (TPSA) is 89.9 Å². The van der Waals surface area contributed by atoms with Gasteiger partial charge in [0.1, 0.15) is 6.04 Å². The molecule has 6 heteroatoms. The number of carboxylic acids is 1. The monoisotopic (exact) mass is 242 g/mol. The molecule has 0 bridgehead atoms. The van der Waals surface area contributed by atoms with Crippen LogP contribution in [0.5, 0.6) is 0 Å². The summed E-state index contributed by atoms with van der Waals surface area (Å²) in [6.45, 7) is 1.06. The molecule has 0 aromatic rings. The number of aliphatic hydroxyl groups excluding tert-OH is 1. The molecule has 2 aliphatic heterocycles. The predicted molar refractivity (Wildman–Crippen MR) is 59.4 cm³/mol. The fourth-order valence-corrected chi connectivity index (χ4v) is 2.58. The lowest BCUT2D eigenvalue weighted by Gasteiger charge is -2.22. The Morgan fingerprint density at radius 2 is 2.18 bits per heavy atom. The minimum atomic E-state index is -1.03. The van der Waals surface area contributed by atoms with Crippen LogP contribution < -0.4 is 5.32 Å². The molecule has 96 valence electrons. The molecule has 3 N–H and O–H groups in total. The van der Waals surface area contributed by atoms with E-state index in [0.29, 0.717) is 6.42 Å². The van der Waals surface area contributed by atoms with E-state index in [1.54, 1.807) is 0 Å². The SMILES string of the molecule is O=C(O)[C@@H]1C[C@@H](O)CN1C(=O)CC1CCCN1. The fraction of sp³-hybridized carbons (Fsp3) is 0.818. The van der Waals surface area contributed by atoms with Crippen molar-refractivity contribution in [1.29, 1.82) is 0 Å². The molecule has 0 aliphatic carbocycles. The first kappa shape index (κ1) is 12.3. The largest absolute Gasteiger partial charge is 0.480 e. The minimum absolute atomic E-state index is 0.138. The van der Waals surface area contributed by atoms with Gasteiger partial charge in [0.15, 0.2) is 0 Å². The van der Waals surface area contributed by atoms with Crippen molar-refractivity contribution in [3.05, 3.63) is 0 Å². The smallest absolute Gasteiger partial charge is 0.326 e. The molecule has 0 spiro atoms. The number of β-amino-alcohol motifs (C(OH)–C–C–N with tert-alkyl or cyclic N) is 1. The lowest BCUT2D eigenvalue weighted by Crippen LogP contribution is -2.42. The molecule has 1 unspecified atom stereocenters. The molecule has 0 saturated carbocycles. The Bertz CT molecular complexity index is 315. The number of carbonyl (C=O) groups excluding carboxylic acids is 1. The first-order valence-corrected chi connectivity index (χ1v) is 6.01. The van der Waals surface area contributed by atoms with Crippen molar-refractivity contribution in [2.24, 2.45) is 0 Å². The number of carbonyl (C=O) groups is 2. The number of hydrogen-bond donors (Lipinski definition) is 3. The number of aliphatic hydroxyl groups is 1. The van der Waals surface area contributed by atoms with Crippen LogP contribution in [0.15, 0.2) is 0 Å². The predicted octanol–water partition coefficient (Wildman–Crippen LogP) is -0.825. The standard InChI is InChI=1S/C11H18N2O4/c14-8-5-9(11(16)17)13(6-8)10(15)4-7-2-1-3-12-7/h7-9,12,14H,1-6H2,(H,16,17)/t7?,8-,9+/m1/s1. The van der Waals surface area contributed by atoms with E-state index in [4.69, 9.17) is 5.11 Å². The summed E-state index contributed by atoms with van der Waals surface area (Å²) in [5, 5.41) is 21.7. The molecule has 2 heterocycles. The Hall–Kier alpha value is -1.14. The van der Waals surface area contributed by atoms with Gasteiger partial charge in [-0.3, -0.25) is 4.79 Å². The van der Waals surface area contributed by atoms with Crippen molar-refractivity contribution in [1.82, 2.24) is 10.2 Å². The first-order valence-electron chi connectivity index (χ1n) is 6.01. The summed E-state index contributed by atoms with van der Waals surface area (Å²) in [6, 6.07) is -0.700. The highest BCUT2D eigenvalue weighted by molar-refractivity contribution is 5.84. The third-order valence-electron chi connectivity index (χ3n) is 3.47. The van der Waals surface area contributed by atoms with E-state index in [1.807, 2.05) is 0 Å². The summed E-state index contributed by atoms with van der Waals surface area (Å²) in [5.41, 5.74) is 0. The highest BCUT2D eigenvalue weighted by Crippen LogP contribution is 2.20. The van der Waals surface area contributed by atoms with Crippen molar-refractivity contribution in [2.75, 3.05) is 13.1 Å². The third kappa shape index (κ3) is 2.76. The van der Waals surface area contributed by atoms with E-state index in [2.05, 4.69) is 5.32 Å². The Labute approximate surface area is 99.6 Å². The molecule has 1 amide bonds. The number of likely N-dealkylation sites (tertiary alicyclic amines) is 1. The zero-order valence-electron chi connectivity index (χ0n) is 9.63. The maximum Gasteiger partial charge on any atom is 0.326 e. The van der Waals surface area contributed by atoms with E-state index in [-0.39, 0.29) is 24.9 Å². The van der Waals surface area contributed by atoms with Gasteiger partial charge < -0.3 is 20.4 Å². The number of rotatable bonds is 3. The Morgan fingerprint density at radius 3 is 2.76 bits per heavy atom. The van der Waals surface area contributed by atoms with Crippen molar-refractivity contribution in [2.45, 2.75) is 43.9 Å². The summed E-state index contributed by atoms with van der Waals surface area (Å²) in [7, 11) is 0. The van der Waals surface area contributed by atoms with Crippen LogP contribution in [0, 0.1) is 0 Å². The number of nitrogens with zero attached hydrogens (tertiary/aromatic N) is 1. The van der Waals surface area contributed by atoms with E-state index in [9.17, 15) is 14.7 Å². The molecule has 0 aromatic carbocycles. The number of amides is 1. The molecule has 2 aliphatic rings. The molecule has 3 atom stereocenters. The van der Waals surface area contributed by atoms with Gasteiger partial charge in [-0.2, -0.15) is 0 Å². The van der Waals surface area contributed by atoms with Gasteiger partial charge in [0.05, 0.1) is 6.10 Å². The number of carboxylic acid groups (broad SMARTS) is 1. The minimum Gasteiger partial charge on any atom is -0.480 e. The second kappa shape index (κ2) is 5.01. The average Bonchev–Trinajstić information content (AvgIpc) is 2.86. The highest BCUT2D eigenvalue weighted by Gasteiger charge is 2.39. The van der Waals surface area contributed by atoms with Gasteiger partial charge >= 0.3 is 5.97 Å². The van der Waals surface area contributed by atoms with Gasteiger partial charge in [-0.1, -0.05) is 0 Å². The quantitative estimate of drug-likeness (QED) is 0.601. The molecule has 2 saturated heterocycles. The van der Waals surface area contributed by atoms with Gasteiger partial charge in [0, 0.05) is 25.4 Å². The second-order valence-corrected chi connectivity index (χ2v) is 4.79. The molecule has 6 nitrogen and oxygen atoms in total. The molecule has 2 rings (SSSR count). The summed E-state index contributed by atoms with van der Waals surface area (Å²) in [6.07, 6.45) is 1.77. The van der Waals surface area contributed by atoms with E-state index >= 15 is 0 Å². The van der Waals surface area contributed by atoms with Gasteiger partial charge in [-0.05, 0) is 19.4 Å². The molecule has 0 radical (unpaired) electrons. The maximum atomic E-state index is 12.0. The van der Waals surface area contributed by atoms with Crippen LogP contribution in [0.4, 0.5) is 0 Å². The van der Waals surface area contributed by atoms with E-state index < -0.39 is 18.1 Å². The van der Waals surface area contributed by atoms with Crippen LogP contribution in [0.25, 0.3) is 0 Å². The number of nitrogens with one attached hydrogen (secondary N) is 1. The van der Waals surface area contributed by atoms with Crippen LogP contribution in [-0.2, 0) is 9.59 Å². The lowest BCUT2D eigenvalue weighted by molar-refractivity contribution is -0.148. The fourth-order valence-electron chi connectivity index (χ4n) is 2.58. The van der Waals surface area contributed by atoms with Crippen molar-refractivity contribution < 1.29 is 19.8 Å². The van der Waals surface area contributed by atoms with Crippen LogP contribution in [0.1, 0.15) is 25.7 Å².